The molecule has 0 spiro atoms. The molecule has 1 N–H and O–H groups in total. The van der Waals surface area contributed by atoms with Gasteiger partial charge in [-0.2, -0.15) is 5.10 Å². The zero-order chi connectivity index (χ0) is 15.0. The van der Waals surface area contributed by atoms with Gasteiger partial charge < -0.3 is 5.32 Å². The summed E-state index contributed by atoms with van der Waals surface area (Å²) in [4.78, 5) is 12.3. The lowest BCUT2D eigenvalue weighted by Gasteiger charge is -2.10. The topological polar surface area (TPSA) is 46.9 Å². The third-order valence-electron chi connectivity index (χ3n) is 2.98. The average molecular weight is 361 g/mol. The van der Waals surface area contributed by atoms with Gasteiger partial charge in [0.2, 0.25) is 0 Å². The number of nitrogens with one attached hydrogen (secondary N) is 1. The van der Waals surface area contributed by atoms with Crippen molar-refractivity contribution in [3.63, 3.8) is 0 Å². The second kappa shape index (κ2) is 5.54. The third-order valence-corrected chi connectivity index (χ3v) is 3.90. The molecule has 1 amide bonds. The van der Waals surface area contributed by atoms with E-state index in [9.17, 15) is 9.18 Å². The molecule has 20 heavy (non-hydrogen) atoms. The van der Waals surface area contributed by atoms with Gasteiger partial charge in [-0.3, -0.25) is 9.48 Å². The smallest absolute Gasteiger partial charge is 0.259 e. The fourth-order valence-corrected chi connectivity index (χ4v) is 2.84. The zero-order valence-corrected chi connectivity index (χ0v) is 13.4. The first kappa shape index (κ1) is 15.0. The number of hydrogen-bond acceptors (Lipinski definition) is 2. The van der Waals surface area contributed by atoms with Crippen LogP contribution in [0.15, 0.2) is 16.6 Å². The predicted molar refractivity (Wildman–Crippen MR) is 79.7 cm³/mol. The van der Waals surface area contributed by atoms with E-state index in [1.807, 2.05) is 0 Å². The molecule has 1 aromatic carbocycles. The fraction of sp³-hybridized carbons (Fsp3) is 0.231. The van der Waals surface area contributed by atoms with Crippen LogP contribution in [-0.4, -0.2) is 15.7 Å². The molecule has 0 unspecified atom stereocenters. The standard InChI is InChI=1S/C13H12BrClFN3O/c1-6-11(7(2)19(3)18-6)13(20)17-12-9(14)4-8(16)5-10(12)15/h4-5H,1-3H3,(H,17,20). The lowest BCUT2D eigenvalue weighted by atomic mass is 10.2. The summed E-state index contributed by atoms with van der Waals surface area (Å²) >= 11 is 9.13. The highest BCUT2D eigenvalue weighted by molar-refractivity contribution is 9.10. The second-order valence-electron chi connectivity index (χ2n) is 4.37. The van der Waals surface area contributed by atoms with E-state index < -0.39 is 5.82 Å². The number of nitrogens with zero attached hydrogens (tertiary/aromatic N) is 2. The lowest BCUT2D eigenvalue weighted by Crippen LogP contribution is -2.15. The van der Waals surface area contributed by atoms with E-state index in [2.05, 4.69) is 26.3 Å². The van der Waals surface area contributed by atoms with Crippen molar-refractivity contribution in [3.8, 4) is 0 Å². The van der Waals surface area contributed by atoms with Crippen molar-refractivity contribution < 1.29 is 9.18 Å². The molecular formula is C13H12BrClFN3O. The minimum Gasteiger partial charge on any atom is -0.320 e. The number of aromatic nitrogens is 2. The maximum Gasteiger partial charge on any atom is 0.259 e. The quantitative estimate of drug-likeness (QED) is 0.884. The summed E-state index contributed by atoms with van der Waals surface area (Å²) in [5, 5.41) is 6.99. The van der Waals surface area contributed by atoms with Crippen LogP contribution < -0.4 is 5.32 Å². The van der Waals surface area contributed by atoms with E-state index >= 15 is 0 Å². The number of anilines is 1. The van der Waals surface area contributed by atoms with E-state index in [1.54, 1.807) is 25.6 Å². The number of carbonyl (C=O) groups excluding carboxylic acids is 1. The maximum atomic E-state index is 13.2. The summed E-state index contributed by atoms with van der Waals surface area (Å²) < 4.78 is 15.2. The highest BCUT2D eigenvalue weighted by atomic mass is 79.9. The van der Waals surface area contributed by atoms with E-state index in [1.165, 1.54) is 6.07 Å². The normalized spacial score (nSPS) is 10.7. The van der Waals surface area contributed by atoms with Gasteiger partial charge in [-0.25, -0.2) is 4.39 Å². The van der Waals surface area contributed by atoms with Crippen molar-refractivity contribution in [1.82, 2.24) is 9.78 Å². The monoisotopic (exact) mass is 359 g/mol. The van der Waals surface area contributed by atoms with Crippen LogP contribution >= 0.6 is 27.5 Å². The number of benzene rings is 1. The summed E-state index contributed by atoms with van der Waals surface area (Å²) in [6.45, 7) is 3.56. The molecule has 4 nitrogen and oxygen atoms in total. The van der Waals surface area contributed by atoms with Crippen molar-refractivity contribution in [3.05, 3.63) is 44.4 Å². The van der Waals surface area contributed by atoms with Crippen molar-refractivity contribution in [2.75, 3.05) is 5.32 Å². The molecule has 0 fully saturated rings. The Morgan fingerprint density at radius 1 is 1.45 bits per heavy atom. The molecule has 0 aliphatic rings. The van der Waals surface area contributed by atoms with Gasteiger partial charge >= 0.3 is 0 Å². The number of halogens is 3. The first-order valence-electron chi connectivity index (χ1n) is 5.77. The Bertz CT molecular complexity index is 676. The number of carbonyl (C=O) groups is 1. The Morgan fingerprint density at radius 2 is 2.10 bits per heavy atom. The maximum absolute atomic E-state index is 13.2. The van der Waals surface area contributed by atoms with Crippen LogP contribution in [0.5, 0.6) is 0 Å². The molecule has 106 valence electrons. The van der Waals surface area contributed by atoms with Crippen molar-refractivity contribution in [2.45, 2.75) is 13.8 Å². The van der Waals surface area contributed by atoms with Gasteiger partial charge in [-0.1, -0.05) is 11.6 Å². The van der Waals surface area contributed by atoms with Crippen LogP contribution in [0, 0.1) is 19.7 Å². The summed E-state index contributed by atoms with van der Waals surface area (Å²) in [7, 11) is 1.76. The Morgan fingerprint density at radius 3 is 2.60 bits per heavy atom. The predicted octanol–water partition coefficient (Wildman–Crippen LogP) is 3.84. The third kappa shape index (κ3) is 2.71. The SMILES string of the molecule is Cc1nn(C)c(C)c1C(=O)Nc1c(Cl)cc(F)cc1Br. The zero-order valence-electron chi connectivity index (χ0n) is 11.1. The Labute approximate surface area is 129 Å². The number of rotatable bonds is 2. The van der Waals surface area contributed by atoms with Crippen LogP contribution in [0.4, 0.5) is 10.1 Å². The summed E-state index contributed by atoms with van der Waals surface area (Å²) in [5.74, 6) is -0.809. The molecule has 0 bridgehead atoms. The van der Waals surface area contributed by atoms with E-state index in [4.69, 9.17) is 11.6 Å². The van der Waals surface area contributed by atoms with Gasteiger partial charge in [-0.15, -0.1) is 0 Å². The van der Waals surface area contributed by atoms with E-state index in [-0.39, 0.29) is 10.9 Å². The average Bonchev–Trinajstić information content (AvgIpc) is 2.58. The molecule has 2 aromatic rings. The molecule has 1 aromatic heterocycles. The van der Waals surface area contributed by atoms with Crippen LogP contribution in [0.25, 0.3) is 0 Å². The van der Waals surface area contributed by atoms with Crippen LogP contribution in [0.3, 0.4) is 0 Å². The minimum atomic E-state index is -0.478. The number of hydrogen-bond donors (Lipinski definition) is 1. The molecule has 7 heteroatoms. The molecule has 0 radical (unpaired) electrons. The molecule has 0 atom stereocenters. The minimum absolute atomic E-state index is 0.129. The van der Waals surface area contributed by atoms with Gasteiger partial charge in [0, 0.05) is 17.2 Å². The molecule has 0 saturated carbocycles. The molecule has 0 saturated heterocycles. The lowest BCUT2D eigenvalue weighted by molar-refractivity contribution is 0.102. The van der Waals surface area contributed by atoms with Gasteiger partial charge in [0.1, 0.15) is 5.82 Å². The summed E-state index contributed by atoms with van der Waals surface area (Å²) in [6, 6.07) is 2.38. The van der Waals surface area contributed by atoms with Crippen molar-refractivity contribution in [1.29, 1.82) is 0 Å². The summed E-state index contributed by atoms with van der Waals surface area (Å²) in [5.41, 5.74) is 2.19. The molecule has 0 aliphatic carbocycles. The van der Waals surface area contributed by atoms with Crippen LogP contribution in [0.1, 0.15) is 21.7 Å². The Kier molecular flexibility index (Phi) is 4.15. The van der Waals surface area contributed by atoms with Crippen LogP contribution in [-0.2, 0) is 7.05 Å². The molecule has 0 aliphatic heterocycles. The molecule has 2 rings (SSSR count). The molecular weight excluding hydrogens is 349 g/mol. The van der Waals surface area contributed by atoms with E-state index in [0.717, 1.165) is 11.8 Å². The van der Waals surface area contributed by atoms with Crippen molar-refractivity contribution in [2.24, 2.45) is 7.05 Å². The Balaban J connectivity index is 2.38. The van der Waals surface area contributed by atoms with E-state index in [0.29, 0.717) is 21.4 Å². The van der Waals surface area contributed by atoms with Gasteiger partial charge in [-0.05, 0) is 41.9 Å². The van der Waals surface area contributed by atoms with Crippen molar-refractivity contribution >= 4 is 39.1 Å². The summed E-state index contributed by atoms with van der Waals surface area (Å²) in [6.07, 6.45) is 0. The van der Waals surface area contributed by atoms with Gasteiger partial charge in [0.25, 0.3) is 5.91 Å². The highest BCUT2D eigenvalue weighted by Crippen LogP contribution is 2.32. The first-order valence-corrected chi connectivity index (χ1v) is 6.94. The van der Waals surface area contributed by atoms with Crippen LogP contribution in [0.2, 0.25) is 5.02 Å². The number of aryl methyl sites for hydroxylation is 2. The first-order chi connectivity index (χ1) is 9.31. The van der Waals surface area contributed by atoms with Gasteiger partial charge in [0.05, 0.1) is 22.0 Å². The fourth-order valence-electron chi connectivity index (χ4n) is 1.94. The molecule has 1 heterocycles. The second-order valence-corrected chi connectivity index (χ2v) is 5.63. The Hall–Kier alpha value is -1.40. The van der Waals surface area contributed by atoms with Gasteiger partial charge in [0.15, 0.2) is 0 Å². The largest absolute Gasteiger partial charge is 0.320 e. The number of amides is 1. The highest BCUT2D eigenvalue weighted by Gasteiger charge is 2.19.